The van der Waals surface area contributed by atoms with Crippen molar-refractivity contribution in [1.29, 1.82) is 0 Å². The van der Waals surface area contributed by atoms with Crippen LogP contribution in [0, 0.1) is 6.92 Å². The number of nitrogens with zero attached hydrogens (tertiary/aromatic N) is 1. The van der Waals surface area contributed by atoms with E-state index in [9.17, 15) is 0 Å². The molecular formula is C15H17ClN2. The Balaban J connectivity index is 0.00000120. The van der Waals surface area contributed by atoms with Gasteiger partial charge in [-0.2, -0.15) is 0 Å². The largest absolute Gasteiger partial charge is 0.327 e. The number of rotatable bonds is 2. The minimum Gasteiger partial charge on any atom is -0.327 e. The zero-order valence-electron chi connectivity index (χ0n) is 10.3. The average molecular weight is 261 g/mol. The van der Waals surface area contributed by atoms with Crippen LogP contribution in [0.1, 0.15) is 23.6 Å². The van der Waals surface area contributed by atoms with Crippen molar-refractivity contribution in [2.24, 2.45) is 5.73 Å². The van der Waals surface area contributed by atoms with Crippen LogP contribution >= 0.6 is 12.4 Å². The molecule has 0 amide bonds. The Bertz CT molecular complexity index is 519. The second-order valence-corrected chi connectivity index (χ2v) is 4.82. The first-order valence-corrected chi connectivity index (χ1v) is 6.02. The van der Waals surface area contributed by atoms with E-state index in [1.54, 1.807) is 0 Å². The van der Waals surface area contributed by atoms with Gasteiger partial charge in [0, 0.05) is 29.4 Å². The van der Waals surface area contributed by atoms with Crippen LogP contribution in [0.25, 0.3) is 11.1 Å². The van der Waals surface area contributed by atoms with Crippen LogP contribution in [0.15, 0.2) is 42.6 Å². The number of benzene rings is 1. The van der Waals surface area contributed by atoms with E-state index in [0.29, 0.717) is 12.0 Å². The molecule has 2 unspecified atom stereocenters. The quantitative estimate of drug-likeness (QED) is 0.900. The maximum atomic E-state index is 5.85. The average Bonchev–Trinajstić information content (AvgIpc) is 3.08. The van der Waals surface area contributed by atoms with Gasteiger partial charge in [0.15, 0.2) is 0 Å². The van der Waals surface area contributed by atoms with Gasteiger partial charge in [0.05, 0.1) is 0 Å². The Morgan fingerprint density at radius 3 is 2.17 bits per heavy atom. The van der Waals surface area contributed by atoms with Crippen LogP contribution in [0.2, 0.25) is 0 Å². The standard InChI is InChI=1S/C15H16N2.ClH/c1-10-2-3-13(9-17-10)11-4-6-12(7-5-11)14-8-15(14)16;/h2-7,9,14-15H,8,16H2,1H3;1H. The number of halogens is 1. The fourth-order valence-corrected chi connectivity index (χ4v) is 2.16. The van der Waals surface area contributed by atoms with Crippen molar-refractivity contribution in [2.75, 3.05) is 0 Å². The SMILES string of the molecule is Cc1ccc(-c2ccc(C3CC3N)cc2)cn1.Cl. The van der Waals surface area contributed by atoms with E-state index in [-0.39, 0.29) is 12.4 Å². The van der Waals surface area contributed by atoms with Gasteiger partial charge < -0.3 is 5.73 Å². The molecule has 3 heteroatoms. The van der Waals surface area contributed by atoms with Crippen molar-refractivity contribution in [3.05, 3.63) is 53.9 Å². The number of hydrogen-bond acceptors (Lipinski definition) is 2. The Kier molecular flexibility index (Phi) is 3.69. The molecule has 2 N–H and O–H groups in total. The molecule has 18 heavy (non-hydrogen) atoms. The summed E-state index contributed by atoms with van der Waals surface area (Å²) in [7, 11) is 0. The molecule has 3 rings (SSSR count). The second-order valence-electron chi connectivity index (χ2n) is 4.82. The molecule has 0 bridgehead atoms. The molecule has 1 heterocycles. The molecule has 2 nitrogen and oxygen atoms in total. The lowest BCUT2D eigenvalue weighted by atomic mass is 10.0. The van der Waals surface area contributed by atoms with Crippen molar-refractivity contribution in [3.8, 4) is 11.1 Å². The zero-order valence-corrected chi connectivity index (χ0v) is 11.2. The Hall–Kier alpha value is -1.38. The van der Waals surface area contributed by atoms with Crippen LogP contribution in [0.4, 0.5) is 0 Å². The number of aromatic nitrogens is 1. The molecule has 0 saturated heterocycles. The van der Waals surface area contributed by atoms with Crippen molar-refractivity contribution in [2.45, 2.75) is 25.3 Å². The molecule has 1 aromatic carbocycles. The zero-order chi connectivity index (χ0) is 11.8. The van der Waals surface area contributed by atoms with E-state index >= 15 is 0 Å². The highest BCUT2D eigenvalue weighted by atomic mass is 35.5. The lowest BCUT2D eigenvalue weighted by Gasteiger charge is -2.04. The molecule has 0 aliphatic heterocycles. The molecule has 2 atom stereocenters. The summed E-state index contributed by atoms with van der Waals surface area (Å²) in [5.74, 6) is 0.584. The molecule has 2 aromatic rings. The lowest BCUT2D eigenvalue weighted by molar-refractivity contribution is 0.991. The van der Waals surface area contributed by atoms with Gasteiger partial charge in [0.2, 0.25) is 0 Å². The van der Waals surface area contributed by atoms with Crippen molar-refractivity contribution >= 4 is 12.4 Å². The molecular weight excluding hydrogens is 244 g/mol. The fraction of sp³-hybridized carbons (Fsp3) is 0.267. The fourth-order valence-electron chi connectivity index (χ4n) is 2.16. The number of hydrogen-bond donors (Lipinski definition) is 1. The van der Waals surface area contributed by atoms with Gasteiger partial charge in [0.25, 0.3) is 0 Å². The first kappa shape index (κ1) is 13.1. The molecule has 1 saturated carbocycles. The highest BCUT2D eigenvalue weighted by Gasteiger charge is 2.34. The van der Waals surface area contributed by atoms with Crippen LogP contribution in [-0.2, 0) is 0 Å². The monoisotopic (exact) mass is 260 g/mol. The van der Waals surface area contributed by atoms with Gasteiger partial charge in [-0.25, -0.2) is 0 Å². The minimum absolute atomic E-state index is 0. The summed E-state index contributed by atoms with van der Waals surface area (Å²) >= 11 is 0. The van der Waals surface area contributed by atoms with Gasteiger partial charge >= 0.3 is 0 Å². The summed E-state index contributed by atoms with van der Waals surface area (Å²) in [6.45, 7) is 2.00. The first-order chi connectivity index (χ1) is 8.24. The van der Waals surface area contributed by atoms with Gasteiger partial charge in [-0.3, -0.25) is 4.98 Å². The summed E-state index contributed by atoms with van der Waals surface area (Å²) in [6, 6.07) is 13.2. The summed E-state index contributed by atoms with van der Waals surface area (Å²) in [5.41, 5.74) is 10.7. The third kappa shape index (κ3) is 2.55. The van der Waals surface area contributed by atoms with E-state index in [2.05, 4.69) is 35.3 Å². The van der Waals surface area contributed by atoms with E-state index in [4.69, 9.17) is 5.73 Å². The normalized spacial score (nSPS) is 21.2. The summed E-state index contributed by atoms with van der Waals surface area (Å²) < 4.78 is 0. The molecule has 1 aliphatic rings. The van der Waals surface area contributed by atoms with Crippen LogP contribution in [-0.4, -0.2) is 11.0 Å². The minimum atomic E-state index is 0. The number of aryl methyl sites for hydroxylation is 1. The van der Waals surface area contributed by atoms with E-state index in [1.807, 2.05) is 19.2 Å². The number of nitrogens with two attached hydrogens (primary N) is 1. The molecule has 0 radical (unpaired) electrons. The molecule has 0 spiro atoms. The van der Waals surface area contributed by atoms with Gasteiger partial charge in [-0.1, -0.05) is 30.3 Å². The third-order valence-electron chi connectivity index (χ3n) is 3.42. The van der Waals surface area contributed by atoms with Gasteiger partial charge in [-0.15, -0.1) is 12.4 Å². The Labute approximate surface area is 114 Å². The third-order valence-corrected chi connectivity index (χ3v) is 3.42. The number of pyridine rings is 1. The highest BCUT2D eigenvalue weighted by Crippen LogP contribution is 2.39. The summed E-state index contributed by atoms with van der Waals surface area (Å²) in [5, 5.41) is 0. The van der Waals surface area contributed by atoms with Crippen molar-refractivity contribution in [3.63, 3.8) is 0 Å². The van der Waals surface area contributed by atoms with Crippen LogP contribution < -0.4 is 5.73 Å². The Morgan fingerprint density at radius 1 is 1.06 bits per heavy atom. The predicted octanol–water partition coefficient (Wildman–Crippen LogP) is 3.29. The topological polar surface area (TPSA) is 38.9 Å². The van der Waals surface area contributed by atoms with E-state index in [0.717, 1.165) is 12.1 Å². The van der Waals surface area contributed by atoms with Gasteiger partial charge in [0.1, 0.15) is 0 Å². The highest BCUT2D eigenvalue weighted by molar-refractivity contribution is 5.85. The first-order valence-electron chi connectivity index (χ1n) is 6.02. The summed E-state index contributed by atoms with van der Waals surface area (Å²) in [6.07, 6.45) is 3.05. The van der Waals surface area contributed by atoms with E-state index in [1.165, 1.54) is 16.7 Å². The lowest BCUT2D eigenvalue weighted by Crippen LogP contribution is -2.00. The van der Waals surface area contributed by atoms with Crippen molar-refractivity contribution < 1.29 is 0 Å². The van der Waals surface area contributed by atoms with Crippen LogP contribution in [0.3, 0.4) is 0 Å². The predicted molar refractivity (Wildman–Crippen MR) is 77.0 cm³/mol. The maximum Gasteiger partial charge on any atom is 0.0373 e. The molecule has 1 fully saturated rings. The Morgan fingerprint density at radius 2 is 1.67 bits per heavy atom. The molecule has 94 valence electrons. The summed E-state index contributed by atoms with van der Waals surface area (Å²) in [4.78, 5) is 4.32. The van der Waals surface area contributed by atoms with Crippen molar-refractivity contribution in [1.82, 2.24) is 4.98 Å². The molecule has 1 aromatic heterocycles. The smallest absolute Gasteiger partial charge is 0.0373 e. The molecule has 1 aliphatic carbocycles. The van der Waals surface area contributed by atoms with Gasteiger partial charge in [-0.05, 0) is 30.5 Å². The van der Waals surface area contributed by atoms with Crippen LogP contribution in [0.5, 0.6) is 0 Å². The second kappa shape index (κ2) is 5.09. The van der Waals surface area contributed by atoms with E-state index < -0.39 is 0 Å². The maximum absolute atomic E-state index is 5.85.